The van der Waals surface area contributed by atoms with Gasteiger partial charge in [0.25, 0.3) is 0 Å². The molecule has 1 unspecified atom stereocenters. The van der Waals surface area contributed by atoms with Crippen LogP contribution in [0.1, 0.15) is 11.9 Å². The van der Waals surface area contributed by atoms with Crippen LogP contribution in [-0.2, 0) is 0 Å². The standard InChI is InChI=1S/C12H10N2O3/c15-14(16)12(11-8-4-5-9-13-11)17-10-6-2-1-3-7-10/h1-9,12H. The van der Waals surface area contributed by atoms with E-state index in [0.717, 1.165) is 0 Å². The fraction of sp³-hybridized carbons (Fsp3) is 0.0833. The third kappa shape index (κ3) is 2.78. The second kappa shape index (κ2) is 5.07. The van der Waals surface area contributed by atoms with Crippen LogP contribution in [-0.4, -0.2) is 9.91 Å². The number of aromatic nitrogens is 1. The van der Waals surface area contributed by atoms with Gasteiger partial charge in [-0.2, -0.15) is 0 Å². The Balaban J connectivity index is 2.23. The summed E-state index contributed by atoms with van der Waals surface area (Å²) in [6.07, 6.45) is 0.221. The van der Waals surface area contributed by atoms with Crippen molar-refractivity contribution in [3.05, 3.63) is 70.5 Å². The van der Waals surface area contributed by atoms with Crippen LogP contribution >= 0.6 is 0 Å². The van der Waals surface area contributed by atoms with Gasteiger partial charge >= 0.3 is 6.23 Å². The Morgan fingerprint density at radius 2 is 1.82 bits per heavy atom. The van der Waals surface area contributed by atoms with E-state index in [2.05, 4.69) is 4.98 Å². The molecule has 0 fully saturated rings. The molecule has 0 amide bonds. The number of rotatable bonds is 4. The minimum atomic E-state index is -1.28. The second-order valence-corrected chi connectivity index (χ2v) is 3.32. The topological polar surface area (TPSA) is 65.3 Å². The molecule has 0 aliphatic carbocycles. The number of hydrogen-bond donors (Lipinski definition) is 0. The molecule has 86 valence electrons. The number of pyridine rings is 1. The van der Waals surface area contributed by atoms with Crippen molar-refractivity contribution in [1.29, 1.82) is 0 Å². The fourth-order valence-corrected chi connectivity index (χ4v) is 1.36. The van der Waals surface area contributed by atoms with Gasteiger partial charge in [-0.25, -0.2) is 4.98 Å². The Morgan fingerprint density at radius 1 is 1.12 bits per heavy atom. The number of nitro groups is 1. The minimum Gasteiger partial charge on any atom is -0.425 e. The summed E-state index contributed by atoms with van der Waals surface area (Å²) in [6.45, 7) is 0. The van der Waals surface area contributed by atoms with Crippen LogP contribution in [0.4, 0.5) is 0 Å². The molecule has 2 rings (SSSR count). The van der Waals surface area contributed by atoms with Crippen molar-refractivity contribution < 1.29 is 9.66 Å². The molecule has 1 aromatic carbocycles. The summed E-state index contributed by atoms with van der Waals surface area (Å²) < 4.78 is 5.30. The molecule has 0 spiro atoms. The van der Waals surface area contributed by atoms with Gasteiger partial charge in [-0.3, -0.25) is 10.1 Å². The largest absolute Gasteiger partial charge is 0.425 e. The van der Waals surface area contributed by atoms with E-state index < -0.39 is 11.2 Å². The van der Waals surface area contributed by atoms with Gasteiger partial charge in [0, 0.05) is 6.20 Å². The van der Waals surface area contributed by atoms with Crippen LogP contribution in [0.3, 0.4) is 0 Å². The summed E-state index contributed by atoms with van der Waals surface area (Å²) >= 11 is 0. The highest BCUT2D eigenvalue weighted by Crippen LogP contribution is 2.20. The Labute approximate surface area is 97.8 Å². The van der Waals surface area contributed by atoms with Gasteiger partial charge in [-0.15, -0.1) is 0 Å². The van der Waals surface area contributed by atoms with E-state index in [4.69, 9.17) is 4.74 Å². The number of nitrogens with zero attached hydrogens (tertiary/aromatic N) is 2. The van der Waals surface area contributed by atoms with Gasteiger partial charge in [0.2, 0.25) is 0 Å². The van der Waals surface area contributed by atoms with Crippen LogP contribution in [0.5, 0.6) is 5.75 Å². The molecular weight excluding hydrogens is 220 g/mol. The Bertz CT molecular complexity index is 488. The first kappa shape index (κ1) is 11.1. The first-order valence-corrected chi connectivity index (χ1v) is 5.03. The van der Waals surface area contributed by atoms with Crippen LogP contribution in [0.25, 0.3) is 0 Å². The average molecular weight is 230 g/mol. The lowest BCUT2D eigenvalue weighted by atomic mass is 10.3. The van der Waals surface area contributed by atoms with E-state index in [0.29, 0.717) is 5.75 Å². The predicted molar refractivity (Wildman–Crippen MR) is 61.0 cm³/mol. The number of hydrogen-bond acceptors (Lipinski definition) is 4. The van der Waals surface area contributed by atoms with Gasteiger partial charge in [-0.05, 0) is 24.3 Å². The van der Waals surface area contributed by atoms with Gasteiger partial charge in [0.1, 0.15) is 5.75 Å². The Morgan fingerprint density at radius 3 is 2.41 bits per heavy atom. The van der Waals surface area contributed by atoms with Crippen LogP contribution in [0.15, 0.2) is 54.7 Å². The molecule has 0 saturated carbocycles. The molecule has 0 bridgehead atoms. The lowest BCUT2D eigenvalue weighted by molar-refractivity contribution is -0.571. The summed E-state index contributed by atoms with van der Waals surface area (Å²) in [5, 5.41) is 10.9. The minimum absolute atomic E-state index is 0.279. The molecule has 1 aromatic heterocycles. The maximum absolute atomic E-state index is 10.9. The van der Waals surface area contributed by atoms with E-state index in [9.17, 15) is 10.1 Å². The van der Waals surface area contributed by atoms with E-state index in [-0.39, 0.29) is 5.69 Å². The molecule has 0 aliphatic heterocycles. The first-order valence-electron chi connectivity index (χ1n) is 5.03. The molecule has 1 heterocycles. The van der Waals surface area contributed by atoms with Crippen LogP contribution in [0.2, 0.25) is 0 Å². The Kier molecular flexibility index (Phi) is 3.30. The molecule has 5 nitrogen and oxygen atoms in total. The van der Waals surface area contributed by atoms with Gasteiger partial charge in [0.05, 0.1) is 4.92 Å². The highest BCUT2D eigenvalue weighted by Gasteiger charge is 2.25. The van der Waals surface area contributed by atoms with E-state index in [1.54, 1.807) is 42.5 Å². The SMILES string of the molecule is O=[N+]([O-])C(Oc1ccccc1)c1ccccn1. The highest BCUT2D eigenvalue weighted by atomic mass is 16.7. The summed E-state index contributed by atoms with van der Waals surface area (Å²) in [4.78, 5) is 14.4. The van der Waals surface area contributed by atoms with Crippen molar-refractivity contribution in [1.82, 2.24) is 4.98 Å². The van der Waals surface area contributed by atoms with Crippen LogP contribution in [0, 0.1) is 10.1 Å². The molecule has 0 radical (unpaired) electrons. The van der Waals surface area contributed by atoms with Crippen molar-refractivity contribution in [2.45, 2.75) is 6.23 Å². The molecule has 0 aliphatic rings. The smallest absolute Gasteiger partial charge is 0.397 e. The van der Waals surface area contributed by atoms with E-state index in [1.807, 2.05) is 6.07 Å². The van der Waals surface area contributed by atoms with Gasteiger partial charge < -0.3 is 4.74 Å². The second-order valence-electron chi connectivity index (χ2n) is 3.32. The molecule has 0 N–H and O–H groups in total. The Hall–Kier alpha value is -2.43. The van der Waals surface area contributed by atoms with Crippen molar-refractivity contribution in [2.75, 3.05) is 0 Å². The first-order chi connectivity index (χ1) is 8.27. The van der Waals surface area contributed by atoms with Crippen molar-refractivity contribution in [3.63, 3.8) is 0 Å². The van der Waals surface area contributed by atoms with Crippen molar-refractivity contribution >= 4 is 0 Å². The molecule has 5 heteroatoms. The summed E-state index contributed by atoms with van der Waals surface area (Å²) in [5.74, 6) is 0.444. The van der Waals surface area contributed by atoms with Gasteiger partial charge in [0.15, 0.2) is 5.69 Å². The average Bonchev–Trinajstić information content (AvgIpc) is 2.38. The molecule has 17 heavy (non-hydrogen) atoms. The third-order valence-electron chi connectivity index (χ3n) is 2.12. The zero-order valence-electron chi connectivity index (χ0n) is 8.89. The summed E-state index contributed by atoms with van der Waals surface area (Å²) in [7, 11) is 0. The quantitative estimate of drug-likeness (QED) is 0.459. The lowest BCUT2D eigenvalue weighted by Crippen LogP contribution is -2.18. The highest BCUT2D eigenvalue weighted by molar-refractivity contribution is 5.21. The number of para-hydroxylation sites is 1. The van der Waals surface area contributed by atoms with Crippen LogP contribution < -0.4 is 4.74 Å². The lowest BCUT2D eigenvalue weighted by Gasteiger charge is -2.10. The molecule has 2 aromatic rings. The number of ether oxygens (including phenoxy) is 1. The monoisotopic (exact) mass is 230 g/mol. The zero-order valence-corrected chi connectivity index (χ0v) is 8.89. The fourth-order valence-electron chi connectivity index (χ4n) is 1.36. The van der Waals surface area contributed by atoms with Crippen molar-refractivity contribution in [2.24, 2.45) is 0 Å². The van der Waals surface area contributed by atoms with Crippen molar-refractivity contribution in [3.8, 4) is 5.75 Å². The maximum Gasteiger partial charge on any atom is 0.397 e. The molecule has 0 saturated heterocycles. The molecule has 1 atom stereocenters. The third-order valence-corrected chi connectivity index (χ3v) is 2.12. The van der Waals surface area contributed by atoms with E-state index >= 15 is 0 Å². The number of benzene rings is 1. The normalized spacial score (nSPS) is 11.8. The summed E-state index contributed by atoms with van der Waals surface area (Å²) in [6, 6.07) is 13.6. The predicted octanol–water partition coefficient (Wildman–Crippen LogP) is 2.44. The van der Waals surface area contributed by atoms with E-state index in [1.165, 1.54) is 6.20 Å². The maximum atomic E-state index is 10.9. The van der Waals surface area contributed by atoms with Gasteiger partial charge in [-0.1, -0.05) is 24.3 Å². The zero-order chi connectivity index (χ0) is 12.1. The molecular formula is C12H10N2O3. The summed E-state index contributed by atoms with van der Waals surface area (Å²) in [5.41, 5.74) is 0.279.